The summed E-state index contributed by atoms with van der Waals surface area (Å²) in [5.74, 6) is -0.890. The molecule has 0 saturated carbocycles. The monoisotopic (exact) mass is 275 g/mol. The highest BCUT2D eigenvalue weighted by Crippen LogP contribution is 2.40. The van der Waals surface area contributed by atoms with Gasteiger partial charge in [0.1, 0.15) is 9.71 Å². The number of nitrogens with zero attached hydrogens (tertiary/aromatic N) is 1. The second-order valence-electron chi connectivity index (χ2n) is 3.88. The van der Waals surface area contributed by atoms with Gasteiger partial charge in [-0.15, -0.1) is 22.7 Å². The lowest BCUT2D eigenvalue weighted by atomic mass is 10.1. The van der Waals surface area contributed by atoms with E-state index < -0.39 is 5.97 Å². The summed E-state index contributed by atoms with van der Waals surface area (Å²) in [7, 11) is 0. The highest BCUT2D eigenvalue weighted by Gasteiger charge is 2.20. The van der Waals surface area contributed by atoms with Crippen LogP contribution in [0.2, 0.25) is 0 Å². The fourth-order valence-electron chi connectivity index (χ4n) is 1.90. The van der Waals surface area contributed by atoms with Gasteiger partial charge in [0.25, 0.3) is 0 Å². The summed E-state index contributed by atoms with van der Waals surface area (Å²) in [5.41, 5.74) is 0.800. The minimum atomic E-state index is -0.890. The zero-order valence-electron chi connectivity index (χ0n) is 9.51. The predicted octanol–water partition coefficient (Wildman–Crippen LogP) is 4.03. The van der Waals surface area contributed by atoms with Crippen LogP contribution < -0.4 is 0 Å². The van der Waals surface area contributed by atoms with Crippen molar-refractivity contribution in [3.8, 4) is 10.4 Å². The first-order valence-electron chi connectivity index (χ1n) is 5.34. The molecule has 0 radical (unpaired) electrons. The van der Waals surface area contributed by atoms with Crippen molar-refractivity contribution < 1.29 is 9.90 Å². The molecule has 0 bridgehead atoms. The Labute approximate surface area is 111 Å². The largest absolute Gasteiger partial charge is 0.477 e. The van der Waals surface area contributed by atoms with Crippen LogP contribution in [-0.2, 0) is 0 Å². The number of thiophene rings is 2. The molecular weight excluding hydrogens is 266 g/mol. The van der Waals surface area contributed by atoms with Gasteiger partial charge in [0, 0.05) is 26.9 Å². The van der Waals surface area contributed by atoms with Crippen molar-refractivity contribution in [2.75, 3.05) is 0 Å². The minimum absolute atomic E-state index is 0.366. The number of pyridine rings is 1. The van der Waals surface area contributed by atoms with Crippen molar-refractivity contribution in [3.63, 3.8) is 0 Å². The Morgan fingerprint density at radius 2 is 2.11 bits per heavy atom. The van der Waals surface area contributed by atoms with E-state index in [1.165, 1.54) is 16.2 Å². The number of hydrogen-bond donors (Lipinski definition) is 1. The maximum atomic E-state index is 11.4. The molecule has 0 unspecified atom stereocenters. The number of aromatic carboxylic acids is 1. The molecule has 0 fully saturated rings. The molecule has 1 N–H and O–H groups in total. The number of aromatic nitrogens is 1. The molecule has 0 aromatic carbocycles. The standard InChI is InChI=1S/C13H9NO2S2/c1-7-4-5-9(17-7)10-8-3-2-6-14-12(8)18-11(10)13(15)16/h2-6H,1H3,(H,15,16). The molecule has 3 nitrogen and oxygen atoms in total. The molecule has 0 aliphatic carbocycles. The zero-order valence-corrected chi connectivity index (χ0v) is 11.1. The van der Waals surface area contributed by atoms with Crippen molar-refractivity contribution in [1.29, 1.82) is 0 Å². The van der Waals surface area contributed by atoms with Gasteiger partial charge in [-0.2, -0.15) is 0 Å². The number of carbonyl (C=O) groups is 1. The van der Waals surface area contributed by atoms with E-state index in [1.54, 1.807) is 17.5 Å². The molecule has 0 spiro atoms. The highest BCUT2D eigenvalue weighted by molar-refractivity contribution is 7.22. The molecule has 90 valence electrons. The Morgan fingerprint density at radius 1 is 1.28 bits per heavy atom. The Bertz CT molecular complexity index is 742. The molecule has 5 heteroatoms. The molecule has 0 aliphatic heterocycles. The van der Waals surface area contributed by atoms with Gasteiger partial charge in [-0.05, 0) is 31.2 Å². The van der Waals surface area contributed by atoms with Crippen molar-refractivity contribution in [2.24, 2.45) is 0 Å². The van der Waals surface area contributed by atoms with Crippen LogP contribution in [0.1, 0.15) is 14.5 Å². The Hall–Kier alpha value is -1.72. The van der Waals surface area contributed by atoms with Gasteiger partial charge in [-0.1, -0.05) is 0 Å². The van der Waals surface area contributed by atoms with E-state index >= 15 is 0 Å². The van der Waals surface area contributed by atoms with Crippen LogP contribution in [0.25, 0.3) is 20.7 Å². The highest BCUT2D eigenvalue weighted by atomic mass is 32.1. The normalized spacial score (nSPS) is 10.9. The summed E-state index contributed by atoms with van der Waals surface area (Å²) in [5, 5.41) is 10.2. The lowest BCUT2D eigenvalue weighted by Crippen LogP contribution is -1.93. The molecule has 0 amide bonds. The van der Waals surface area contributed by atoms with Gasteiger partial charge in [-0.3, -0.25) is 0 Å². The molecule has 0 atom stereocenters. The second-order valence-corrected chi connectivity index (χ2v) is 6.16. The van der Waals surface area contributed by atoms with Gasteiger partial charge in [0.15, 0.2) is 0 Å². The predicted molar refractivity (Wildman–Crippen MR) is 74.6 cm³/mol. The lowest BCUT2D eigenvalue weighted by molar-refractivity contribution is 0.0703. The quantitative estimate of drug-likeness (QED) is 0.768. The minimum Gasteiger partial charge on any atom is -0.477 e. The smallest absolute Gasteiger partial charge is 0.346 e. The first kappa shape index (κ1) is 11.4. The van der Waals surface area contributed by atoms with E-state index in [9.17, 15) is 9.90 Å². The molecule has 3 aromatic heterocycles. The van der Waals surface area contributed by atoms with Crippen LogP contribution in [0, 0.1) is 6.92 Å². The lowest BCUT2D eigenvalue weighted by Gasteiger charge is -1.97. The van der Waals surface area contributed by atoms with E-state index in [0.29, 0.717) is 4.88 Å². The first-order valence-corrected chi connectivity index (χ1v) is 6.98. The average molecular weight is 275 g/mol. The summed E-state index contributed by atoms with van der Waals surface area (Å²) >= 11 is 2.84. The third-order valence-electron chi connectivity index (χ3n) is 2.65. The van der Waals surface area contributed by atoms with Crippen LogP contribution in [0.15, 0.2) is 30.5 Å². The van der Waals surface area contributed by atoms with Crippen molar-refractivity contribution in [3.05, 3.63) is 40.2 Å². The number of rotatable bonds is 2. The topological polar surface area (TPSA) is 50.2 Å². The summed E-state index contributed by atoms with van der Waals surface area (Å²) in [6.45, 7) is 2.02. The summed E-state index contributed by atoms with van der Waals surface area (Å²) in [6, 6.07) is 7.74. The van der Waals surface area contributed by atoms with Crippen LogP contribution in [0.3, 0.4) is 0 Å². The Balaban J connectivity index is 2.37. The molecule has 3 rings (SSSR count). The fourth-order valence-corrected chi connectivity index (χ4v) is 3.89. The molecule has 0 aliphatic rings. The van der Waals surface area contributed by atoms with Crippen LogP contribution in [0.4, 0.5) is 0 Å². The number of fused-ring (bicyclic) bond motifs is 1. The van der Waals surface area contributed by atoms with Crippen molar-refractivity contribution in [1.82, 2.24) is 4.98 Å². The van der Waals surface area contributed by atoms with Gasteiger partial charge in [-0.25, -0.2) is 9.78 Å². The van der Waals surface area contributed by atoms with Crippen LogP contribution in [0.5, 0.6) is 0 Å². The van der Waals surface area contributed by atoms with Gasteiger partial charge >= 0.3 is 5.97 Å². The summed E-state index contributed by atoms with van der Waals surface area (Å²) in [4.78, 5) is 18.9. The number of hydrogen-bond acceptors (Lipinski definition) is 4. The van der Waals surface area contributed by atoms with E-state index in [0.717, 1.165) is 20.7 Å². The maximum Gasteiger partial charge on any atom is 0.346 e. The van der Waals surface area contributed by atoms with E-state index in [4.69, 9.17) is 0 Å². The van der Waals surface area contributed by atoms with Crippen LogP contribution in [-0.4, -0.2) is 16.1 Å². The molecular formula is C13H9NO2S2. The summed E-state index contributed by atoms with van der Waals surface area (Å²) in [6.07, 6.45) is 1.69. The van der Waals surface area contributed by atoms with Crippen molar-refractivity contribution >= 4 is 38.9 Å². The molecule has 0 saturated heterocycles. The fraction of sp³-hybridized carbons (Fsp3) is 0.0769. The SMILES string of the molecule is Cc1ccc(-c2c(C(=O)O)sc3ncccc23)s1. The van der Waals surface area contributed by atoms with Gasteiger partial charge in [0.05, 0.1) is 0 Å². The first-order chi connectivity index (χ1) is 8.66. The number of aryl methyl sites for hydroxylation is 1. The third-order valence-corrected chi connectivity index (χ3v) is 4.77. The second kappa shape index (κ2) is 4.19. The van der Waals surface area contributed by atoms with Gasteiger partial charge < -0.3 is 5.11 Å². The average Bonchev–Trinajstić information content (AvgIpc) is 2.92. The number of carboxylic acids is 1. The summed E-state index contributed by atoms with van der Waals surface area (Å²) < 4.78 is 0. The molecule has 3 heterocycles. The van der Waals surface area contributed by atoms with Crippen molar-refractivity contribution in [2.45, 2.75) is 6.92 Å². The maximum absolute atomic E-state index is 11.4. The Morgan fingerprint density at radius 3 is 2.78 bits per heavy atom. The van der Waals surface area contributed by atoms with Crippen LogP contribution >= 0.6 is 22.7 Å². The van der Waals surface area contributed by atoms with E-state index in [-0.39, 0.29) is 0 Å². The Kier molecular flexibility index (Phi) is 2.65. The number of carboxylic acid groups (broad SMARTS) is 1. The zero-order chi connectivity index (χ0) is 12.7. The molecule has 18 heavy (non-hydrogen) atoms. The third kappa shape index (κ3) is 1.72. The van der Waals surface area contributed by atoms with Gasteiger partial charge in [0.2, 0.25) is 0 Å². The molecule has 3 aromatic rings. The van der Waals surface area contributed by atoms with E-state index in [1.807, 2.05) is 31.2 Å². The van der Waals surface area contributed by atoms with E-state index in [2.05, 4.69) is 4.98 Å².